The maximum absolute atomic E-state index is 14.5. The highest BCUT2D eigenvalue weighted by atomic mass is 32.1. The van der Waals surface area contributed by atoms with Gasteiger partial charge in [-0.15, -0.1) is 11.3 Å². The van der Waals surface area contributed by atoms with Crippen molar-refractivity contribution in [1.29, 1.82) is 0 Å². The zero-order chi connectivity index (χ0) is 30.6. The molecule has 0 aliphatic carbocycles. The highest BCUT2D eigenvalue weighted by molar-refractivity contribution is 7.20. The van der Waals surface area contributed by atoms with Gasteiger partial charge in [0.25, 0.3) is 5.91 Å². The Bertz CT molecular complexity index is 1900. The van der Waals surface area contributed by atoms with Gasteiger partial charge in [0.05, 0.1) is 21.7 Å². The summed E-state index contributed by atoms with van der Waals surface area (Å²) in [6, 6.07) is 22.4. The Morgan fingerprint density at radius 3 is 2.59 bits per heavy atom. The van der Waals surface area contributed by atoms with Crippen molar-refractivity contribution in [1.82, 2.24) is 20.2 Å². The number of thiazole rings is 1. The molecule has 222 valence electrons. The lowest BCUT2D eigenvalue weighted by molar-refractivity contribution is -0.134. The minimum absolute atomic E-state index is 0.0207. The van der Waals surface area contributed by atoms with Crippen LogP contribution in [0.5, 0.6) is 0 Å². The lowest BCUT2D eigenvalue weighted by Gasteiger charge is -2.29. The van der Waals surface area contributed by atoms with Gasteiger partial charge in [0.1, 0.15) is 11.7 Å². The number of nitrogens with one attached hydrogen (secondary N) is 3. The topological polar surface area (TPSA) is 124 Å². The SMILES string of the molecule is CC(C)C[C@H](NC(=O)c1cc2ccccc2[nH]1)C(=O)N1C[C@]2(CC1C(=O)c1nc3ccccc3s1)C(=O)Nc1ccccc12. The smallest absolute Gasteiger partial charge is 0.268 e. The number of fused-ring (bicyclic) bond motifs is 4. The molecule has 2 aliphatic heterocycles. The maximum Gasteiger partial charge on any atom is 0.268 e. The number of Topliss-reactive ketones (excluding diaryl/α,β-unsaturated/α-hetero) is 1. The van der Waals surface area contributed by atoms with Crippen LogP contribution in [0.15, 0.2) is 78.9 Å². The number of para-hydroxylation sites is 3. The van der Waals surface area contributed by atoms with E-state index in [1.807, 2.05) is 86.6 Å². The molecule has 0 radical (unpaired) electrons. The molecule has 2 aliphatic rings. The molecule has 3 aromatic carbocycles. The molecular formula is C34H31N5O4S. The number of carbonyl (C=O) groups excluding carboxylic acids is 4. The summed E-state index contributed by atoms with van der Waals surface area (Å²) < 4.78 is 0.869. The van der Waals surface area contributed by atoms with Gasteiger partial charge in [-0.25, -0.2) is 4.98 Å². The molecule has 3 amide bonds. The van der Waals surface area contributed by atoms with Crippen LogP contribution in [0.3, 0.4) is 0 Å². The van der Waals surface area contributed by atoms with Crippen LogP contribution in [-0.4, -0.2) is 57.0 Å². The third kappa shape index (κ3) is 4.66. The number of likely N-dealkylation sites (tertiary alicyclic amines) is 1. The second-order valence-corrected chi connectivity index (χ2v) is 13.1. The number of carbonyl (C=O) groups is 4. The lowest BCUT2D eigenvalue weighted by atomic mass is 9.79. The molecule has 7 rings (SSSR count). The Hall–Kier alpha value is -4.83. The van der Waals surface area contributed by atoms with E-state index < -0.39 is 29.3 Å². The Balaban J connectivity index is 1.25. The molecule has 4 heterocycles. The Labute approximate surface area is 257 Å². The minimum Gasteiger partial charge on any atom is -0.351 e. The number of ketones is 1. The van der Waals surface area contributed by atoms with E-state index in [9.17, 15) is 19.2 Å². The van der Waals surface area contributed by atoms with E-state index in [0.29, 0.717) is 28.3 Å². The van der Waals surface area contributed by atoms with Crippen LogP contribution in [0.4, 0.5) is 5.69 Å². The quantitative estimate of drug-likeness (QED) is 0.217. The lowest BCUT2D eigenvalue weighted by Crippen LogP contribution is -2.52. The number of aromatic nitrogens is 2. The van der Waals surface area contributed by atoms with Crippen molar-refractivity contribution in [3.8, 4) is 0 Å². The largest absolute Gasteiger partial charge is 0.351 e. The molecule has 3 N–H and O–H groups in total. The molecule has 1 spiro atoms. The standard InChI is InChI=1S/C34H31N5O4S/c1-19(2)15-26(36-30(41)25-16-20-9-3-5-11-22(20)35-25)32(42)39-18-34(21-10-4-6-12-23(21)38-33(34)43)17-27(39)29(40)31-37-24-13-7-8-14-28(24)44-31/h3-14,16,19,26-27,35H,15,17-18H2,1-2H3,(H,36,41)(H,38,43)/t26-,27?,34-/m0/s1. The van der Waals surface area contributed by atoms with Gasteiger partial charge in [-0.2, -0.15) is 0 Å². The van der Waals surface area contributed by atoms with E-state index in [1.54, 1.807) is 6.07 Å². The van der Waals surface area contributed by atoms with Crippen LogP contribution in [-0.2, 0) is 15.0 Å². The Morgan fingerprint density at radius 2 is 1.80 bits per heavy atom. The number of amides is 3. The van der Waals surface area contributed by atoms with Crippen molar-refractivity contribution in [3.05, 3.63) is 95.1 Å². The maximum atomic E-state index is 14.5. The fourth-order valence-electron chi connectivity index (χ4n) is 6.55. The summed E-state index contributed by atoms with van der Waals surface area (Å²) in [5.41, 5.74) is 2.23. The van der Waals surface area contributed by atoms with Crippen LogP contribution < -0.4 is 10.6 Å². The van der Waals surface area contributed by atoms with Gasteiger partial charge >= 0.3 is 0 Å². The van der Waals surface area contributed by atoms with Gasteiger partial charge in [-0.1, -0.05) is 62.4 Å². The van der Waals surface area contributed by atoms with E-state index in [0.717, 1.165) is 21.2 Å². The first-order valence-electron chi connectivity index (χ1n) is 14.7. The monoisotopic (exact) mass is 605 g/mol. The molecule has 0 saturated carbocycles. The highest BCUT2D eigenvalue weighted by Gasteiger charge is 2.58. The van der Waals surface area contributed by atoms with Crippen molar-refractivity contribution < 1.29 is 19.2 Å². The molecular weight excluding hydrogens is 574 g/mol. The van der Waals surface area contributed by atoms with Gasteiger partial charge in [0, 0.05) is 23.1 Å². The summed E-state index contributed by atoms with van der Waals surface area (Å²) in [6.45, 7) is 3.98. The number of H-pyrrole nitrogens is 1. The number of aromatic amines is 1. The second-order valence-electron chi connectivity index (χ2n) is 12.0. The predicted octanol–water partition coefficient (Wildman–Crippen LogP) is 5.30. The molecule has 5 aromatic rings. The third-order valence-corrected chi connectivity index (χ3v) is 9.71. The average molecular weight is 606 g/mol. The summed E-state index contributed by atoms with van der Waals surface area (Å²) >= 11 is 1.28. The van der Waals surface area contributed by atoms with Gasteiger partial charge in [-0.05, 0) is 54.7 Å². The Morgan fingerprint density at radius 1 is 1.05 bits per heavy atom. The van der Waals surface area contributed by atoms with Crippen molar-refractivity contribution in [2.45, 2.75) is 44.2 Å². The average Bonchev–Trinajstić information content (AvgIpc) is 3.79. The van der Waals surface area contributed by atoms with E-state index in [-0.39, 0.29) is 30.6 Å². The minimum atomic E-state index is -1.09. The summed E-state index contributed by atoms with van der Waals surface area (Å²) in [6.07, 6.45) is 0.486. The van der Waals surface area contributed by atoms with Crippen molar-refractivity contribution in [2.24, 2.45) is 5.92 Å². The molecule has 9 nitrogen and oxygen atoms in total. The first-order chi connectivity index (χ1) is 21.2. The van der Waals surface area contributed by atoms with E-state index in [4.69, 9.17) is 0 Å². The van der Waals surface area contributed by atoms with Crippen LogP contribution in [0, 0.1) is 5.92 Å². The molecule has 2 aromatic heterocycles. The van der Waals surface area contributed by atoms with Gasteiger partial charge < -0.3 is 20.5 Å². The molecule has 44 heavy (non-hydrogen) atoms. The van der Waals surface area contributed by atoms with Crippen molar-refractivity contribution >= 4 is 61.6 Å². The van der Waals surface area contributed by atoms with E-state index in [2.05, 4.69) is 20.6 Å². The van der Waals surface area contributed by atoms with E-state index >= 15 is 0 Å². The fourth-order valence-corrected chi connectivity index (χ4v) is 7.50. The summed E-state index contributed by atoms with van der Waals surface area (Å²) in [7, 11) is 0. The Kier molecular flexibility index (Phi) is 6.81. The van der Waals surface area contributed by atoms with Crippen LogP contribution in [0.25, 0.3) is 21.1 Å². The van der Waals surface area contributed by atoms with Gasteiger partial charge in [0.15, 0.2) is 5.01 Å². The second kappa shape index (κ2) is 10.7. The summed E-state index contributed by atoms with van der Waals surface area (Å²) in [5.74, 6) is -1.28. The van der Waals surface area contributed by atoms with Gasteiger partial charge in [0.2, 0.25) is 17.6 Å². The van der Waals surface area contributed by atoms with Crippen LogP contribution in [0.1, 0.15) is 52.5 Å². The van der Waals surface area contributed by atoms with E-state index in [1.165, 1.54) is 16.2 Å². The zero-order valence-electron chi connectivity index (χ0n) is 24.3. The molecule has 1 unspecified atom stereocenters. The number of rotatable bonds is 7. The highest BCUT2D eigenvalue weighted by Crippen LogP contribution is 2.47. The van der Waals surface area contributed by atoms with Crippen molar-refractivity contribution in [3.63, 3.8) is 0 Å². The number of hydrogen-bond donors (Lipinski definition) is 3. The van der Waals surface area contributed by atoms with Crippen LogP contribution in [0.2, 0.25) is 0 Å². The first-order valence-corrected chi connectivity index (χ1v) is 15.5. The van der Waals surface area contributed by atoms with Gasteiger partial charge in [-0.3, -0.25) is 19.2 Å². The first kappa shape index (κ1) is 28.0. The number of hydrogen-bond acceptors (Lipinski definition) is 6. The number of benzene rings is 3. The number of nitrogens with zero attached hydrogens (tertiary/aromatic N) is 2. The molecule has 1 saturated heterocycles. The fraction of sp³-hybridized carbons (Fsp3) is 0.265. The van der Waals surface area contributed by atoms with Crippen molar-refractivity contribution in [2.75, 3.05) is 11.9 Å². The molecule has 3 atom stereocenters. The normalized spacial score (nSPS) is 19.9. The number of anilines is 1. The zero-order valence-corrected chi connectivity index (χ0v) is 25.1. The van der Waals surface area contributed by atoms with Crippen LogP contribution >= 0.6 is 11.3 Å². The summed E-state index contributed by atoms with van der Waals surface area (Å²) in [5, 5.41) is 7.09. The molecule has 1 fully saturated rings. The predicted molar refractivity (Wildman–Crippen MR) is 170 cm³/mol. The molecule has 10 heteroatoms. The molecule has 0 bridgehead atoms. The third-order valence-electron chi connectivity index (χ3n) is 8.66. The summed E-state index contributed by atoms with van der Waals surface area (Å²) in [4.78, 5) is 65.0.